The molecule has 25 heavy (non-hydrogen) atoms. The minimum absolute atomic E-state index is 0.0609. The van der Waals surface area contributed by atoms with Crippen LogP contribution in [0.15, 0.2) is 54.6 Å². The fourth-order valence-corrected chi connectivity index (χ4v) is 3.36. The van der Waals surface area contributed by atoms with E-state index in [0.29, 0.717) is 15.6 Å². The summed E-state index contributed by atoms with van der Waals surface area (Å²) < 4.78 is 0. The van der Waals surface area contributed by atoms with Crippen LogP contribution < -0.4 is 5.32 Å². The molecule has 0 aliphatic heterocycles. The number of hydrogen-bond acceptors (Lipinski definition) is 5. The molecule has 2 N–H and O–H groups in total. The second-order valence-corrected chi connectivity index (χ2v) is 6.53. The van der Waals surface area contributed by atoms with Gasteiger partial charge in [0.2, 0.25) is 0 Å². The van der Waals surface area contributed by atoms with Crippen molar-refractivity contribution in [3.8, 4) is 10.6 Å². The van der Waals surface area contributed by atoms with Crippen LogP contribution in [0, 0.1) is 0 Å². The van der Waals surface area contributed by atoms with E-state index in [0.717, 1.165) is 16.9 Å². The quantitative estimate of drug-likeness (QED) is 0.624. The second-order valence-electron chi connectivity index (χ2n) is 5.12. The van der Waals surface area contributed by atoms with Crippen LogP contribution in [0.25, 0.3) is 10.6 Å². The molecular weight excluding hydrogens is 360 g/mol. The molecule has 3 rings (SSSR count). The summed E-state index contributed by atoms with van der Waals surface area (Å²) in [7, 11) is 0. The predicted molar refractivity (Wildman–Crippen MR) is 98.8 cm³/mol. The molecule has 5 nitrogen and oxygen atoms in total. The first kappa shape index (κ1) is 17.1. The Bertz CT molecular complexity index is 925. The first-order valence-corrected chi connectivity index (χ1v) is 8.57. The molecule has 2 aromatic carbocycles. The Kier molecular flexibility index (Phi) is 5.11. The van der Waals surface area contributed by atoms with Gasteiger partial charge < -0.3 is 10.4 Å². The Morgan fingerprint density at radius 2 is 1.76 bits per heavy atom. The number of halogens is 1. The van der Waals surface area contributed by atoms with Gasteiger partial charge in [0.05, 0.1) is 11.6 Å². The molecule has 0 radical (unpaired) electrons. The van der Waals surface area contributed by atoms with Crippen LogP contribution in [0.5, 0.6) is 0 Å². The fourth-order valence-electron chi connectivity index (χ4n) is 2.24. The number of ketones is 1. The molecule has 0 amide bonds. The van der Waals surface area contributed by atoms with Crippen LogP contribution >= 0.6 is 22.9 Å². The maximum absolute atomic E-state index is 12.3. The minimum Gasteiger partial charge on any atom is -0.477 e. The topological polar surface area (TPSA) is 79.3 Å². The number of Topliss-reactive ketones (excluding diaryl/α,β-unsaturated/α-hetero) is 1. The highest BCUT2D eigenvalue weighted by Crippen LogP contribution is 2.31. The highest BCUT2D eigenvalue weighted by atomic mass is 35.5. The summed E-state index contributed by atoms with van der Waals surface area (Å²) in [6.07, 6.45) is 0. The minimum atomic E-state index is -1.09. The number of thiazole rings is 1. The Balaban J connectivity index is 1.82. The van der Waals surface area contributed by atoms with Crippen LogP contribution in [0.3, 0.4) is 0 Å². The lowest BCUT2D eigenvalue weighted by Crippen LogP contribution is -2.16. The van der Waals surface area contributed by atoms with Gasteiger partial charge in [0.1, 0.15) is 5.01 Å². The van der Waals surface area contributed by atoms with E-state index in [4.69, 9.17) is 11.6 Å². The average molecular weight is 373 g/mol. The number of benzene rings is 2. The molecule has 3 aromatic rings. The van der Waals surface area contributed by atoms with Crippen molar-refractivity contribution >= 4 is 40.5 Å². The zero-order valence-corrected chi connectivity index (χ0v) is 14.5. The number of carbonyl (C=O) groups excluding carboxylic acids is 1. The molecule has 0 atom stereocenters. The van der Waals surface area contributed by atoms with Gasteiger partial charge in [0.15, 0.2) is 16.5 Å². The van der Waals surface area contributed by atoms with E-state index >= 15 is 0 Å². The third-order valence-electron chi connectivity index (χ3n) is 3.43. The average Bonchev–Trinajstić information content (AvgIpc) is 3.05. The SMILES string of the molecule is O=C(CNc1nc(-c2ccccc2)sc1C(=O)O)c1ccccc1Cl. The maximum atomic E-state index is 12.3. The van der Waals surface area contributed by atoms with Gasteiger partial charge in [-0.25, -0.2) is 9.78 Å². The van der Waals surface area contributed by atoms with E-state index in [-0.39, 0.29) is 23.0 Å². The van der Waals surface area contributed by atoms with Crippen molar-refractivity contribution in [2.45, 2.75) is 0 Å². The van der Waals surface area contributed by atoms with E-state index in [2.05, 4.69) is 10.3 Å². The third kappa shape index (κ3) is 3.87. The largest absolute Gasteiger partial charge is 0.477 e. The highest BCUT2D eigenvalue weighted by Gasteiger charge is 2.19. The van der Waals surface area contributed by atoms with Gasteiger partial charge in [-0.1, -0.05) is 54.1 Å². The summed E-state index contributed by atoms with van der Waals surface area (Å²) in [4.78, 5) is 28.1. The lowest BCUT2D eigenvalue weighted by atomic mass is 10.1. The van der Waals surface area contributed by atoms with E-state index < -0.39 is 5.97 Å². The van der Waals surface area contributed by atoms with Gasteiger partial charge in [0, 0.05) is 11.1 Å². The van der Waals surface area contributed by atoms with Gasteiger partial charge >= 0.3 is 5.97 Å². The molecule has 0 bridgehead atoms. The smallest absolute Gasteiger partial charge is 0.349 e. The monoisotopic (exact) mass is 372 g/mol. The molecule has 0 spiro atoms. The van der Waals surface area contributed by atoms with Crippen LogP contribution in [-0.2, 0) is 0 Å². The Morgan fingerprint density at radius 1 is 1.08 bits per heavy atom. The summed E-state index contributed by atoms with van der Waals surface area (Å²) in [6, 6.07) is 16.0. The number of carbonyl (C=O) groups is 2. The lowest BCUT2D eigenvalue weighted by molar-refractivity contribution is 0.0702. The molecular formula is C18H13ClN2O3S. The molecule has 0 fully saturated rings. The standard InChI is InChI=1S/C18H13ClN2O3S/c19-13-9-5-4-8-12(13)14(22)10-20-16-15(18(23)24)25-17(21-16)11-6-2-1-3-7-11/h1-9,20H,10H2,(H,23,24). The van der Waals surface area contributed by atoms with Crippen LogP contribution in [-0.4, -0.2) is 28.4 Å². The predicted octanol–water partition coefficient (Wildman–Crippen LogP) is 4.46. The van der Waals surface area contributed by atoms with E-state index in [1.807, 2.05) is 30.3 Å². The number of carboxylic acid groups (broad SMARTS) is 1. The molecule has 1 aromatic heterocycles. The van der Waals surface area contributed by atoms with Crippen molar-refractivity contribution in [1.82, 2.24) is 4.98 Å². The lowest BCUT2D eigenvalue weighted by Gasteiger charge is -2.05. The van der Waals surface area contributed by atoms with Crippen molar-refractivity contribution in [2.75, 3.05) is 11.9 Å². The maximum Gasteiger partial charge on any atom is 0.349 e. The van der Waals surface area contributed by atoms with Crippen molar-refractivity contribution in [2.24, 2.45) is 0 Å². The van der Waals surface area contributed by atoms with Crippen molar-refractivity contribution in [3.05, 3.63) is 70.1 Å². The zero-order valence-electron chi connectivity index (χ0n) is 12.9. The van der Waals surface area contributed by atoms with E-state index in [1.54, 1.807) is 24.3 Å². The summed E-state index contributed by atoms with van der Waals surface area (Å²) in [5, 5.41) is 13.1. The summed E-state index contributed by atoms with van der Waals surface area (Å²) in [5.41, 5.74) is 1.20. The van der Waals surface area contributed by atoms with Crippen LogP contribution in [0.2, 0.25) is 5.02 Å². The first-order valence-electron chi connectivity index (χ1n) is 7.37. The first-order chi connectivity index (χ1) is 12.1. The molecule has 0 aliphatic rings. The molecule has 7 heteroatoms. The number of nitrogens with zero attached hydrogens (tertiary/aromatic N) is 1. The molecule has 1 heterocycles. The number of carboxylic acids is 1. The number of nitrogens with one attached hydrogen (secondary N) is 1. The second kappa shape index (κ2) is 7.46. The number of hydrogen-bond donors (Lipinski definition) is 2. The third-order valence-corrected chi connectivity index (χ3v) is 4.85. The molecule has 126 valence electrons. The Labute approximate surface area is 152 Å². The van der Waals surface area contributed by atoms with Crippen LogP contribution in [0.4, 0.5) is 5.82 Å². The normalized spacial score (nSPS) is 10.4. The van der Waals surface area contributed by atoms with Crippen molar-refractivity contribution in [1.29, 1.82) is 0 Å². The van der Waals surface area contributed by atoms with Gasteiger partial charge in [0.25, 0.3) is 0 Å². The van der Waals surface area contributed by atoms with Crippen molar-refractivity contribution in [3.63, 3.8) is 0 Å². The molecule has 0 unspecified atom stereocenters. The summed E-state index contributed by atoms with van der Waals surface area (Å²) in [6.45, 7) is -0.0953. The number of aromatic nitrogens is 1. The van der Waals surface area contributed by atoms with E-state index in [9.17, 15) is 14.7 Å². The van der Waals surface area contributed by atoms with E-state index in [1.165, 1.54) is 0 Å². The molecule has 0 saturated carbocycles. The highest BCUT2D eigenvalue weighted by molar-refractivity contribution is 7.17. The summed E-state index contributed by atoms with van der Waals surface area (Å²) in [5.74, 6) is -1.15. The van der Waals surface area contributed by atoms with Gasteiger partial charge in [-0.05, 0) is 12.1 Å². The number of rotatable bonds is 6. The number of anilines is 1. The Morgan fingerprint density at radius 3 is 2.44 bits per heavy atom. The van der Waals surface area contributed by atoms with Crippen molar-refractivity contribution < 1.29 is 14.7 Å². The summed E-state index contributed by atoms with van der Waals surface area (Å²) >= 11 is 7.07. The number of aromatic carboxylic acids is 1. The molecule has 0 saturated heterocycles. The zero-order chi connectivity index (χ0) is 17.8. The molecule has 0 aliphatic carbocycles. The van der Waals surface area contributed by atoms with Crippen LogP contribution in [0.1, 0.15) is 20.0 Å². The fraction of sp³-hybridized carbons (Fsp3) is 0.0556. The van der Waals surface area contributed by atoms with Gasteiger partial charge in [-0.2, -0.15) is 0 Å². The Hall–Kier alpha value is -2.70. The van der Waals surface area contributed by atoms with Gasteiger partial charge in [-0.3, -0.25) is 4.79 Å². The van der Waals surface area contributed by atoms with Gasteiger partial charge in [-0.15, -0.1) is 11.3 Å².